The molecule has 1 heterocycles. The first-order valence-electron chi connectivity index (χ1n) is 13.7. The Hall–Kier alpha value is -5.49. The maximum atomic E-state index is 13.4. The molecule has 0 unspecified atom stereocenters. The molecule has 4 aromatic carbocycles. The number of amides is 4. The summed E-state index contributed by atoms with van der Waals surface area (Å²) >= 11 is 3.40. The number of urea groups is 1. The maximum absolute atomic E-state index is 13.4. The molecule has 12 heteroatoms. The highest BCUT2D eigenvalue weighted by Gasteiger charge is 2.36. The van der Waals surface area contributed by atoms with Crippen LogP contribution >= 0.6 is 15.9 Å². The smallest absolute Gasteiger partial charge is 0.335 e. The predicted octanol–water partition coefficient (Wildman–Crippen LogP) is 6.58. The van der Waals surface area contributed by atoms with Gasteiger partial charge in [0.25, 0.3) is 17.5 Å². The van der Waals surface area contributed by atoms with E-state index in [1.165, 1.54) is 18.2 Å². The summed E-state index contributed by atoms with van der Waals surface area (Å²) in [5.74, 6) is -0.311. The molecule has 1 N–H and O–H groups in total. The van der Waals surface area contributed by atoms with Gasteiger partial charge in [-0.3, -0.25) is 25.0 Å². The second-order valence-electron chi connectivity index (χ2n) is 9.72. The number of barbiturate groups is 1. The van der Waals surface area contributed by atoms with Crippen LogP contribution in [0.25, 0.3) is 6.08 Å². The lowest BCUT2D eigenvalue weighted by Crippen LogP contribution is -2.54. The fraction of sp³-hybridized carbons (Fsp3) is 0.121. The molecule has 4 aromatic rings. The van der Waals surface area contributed by atoms with Crippen LogP contribution in [-0.2, 0) is 22.8 Å². The van der Waals surface area contributed by atoms with Crippen molar-refractivity contribution in [2.24, 2.45) is 0 Å². The van der Waals surface area contributed by atoms with Gasteiger partial charge in [0.2, 0.25) is 0 Å². The number of nitro groups is 1. The molecular weight excluding hydrogens is 646 g/mol. The van der Waals surface area contributed by atoms with Crippen molar-refractivity contribution >= 4 is 51.2 Å². The number of nitro benzene ring substituents is 1. The molecule has 0 radical (unpaired) electrons. The molecule has 0 saturated carbocycles. The Labute approximate surface area is 266 Å². The molecule has 0 aromatic heterocycles. The lowest BCUT2D eigenvalue weighted by Gasteiger charge is -2.26. The van der Waals surface area contributed by atoms with Gasteiger partial charge in [-0.05, 0) is 90.4 Å². The highest BCUT2D eigenvalue weighted by molar-refractivity contribution is 9.10. The predicted molar refractivity (Wildman–Crippen MR) is 169 cm³/mol. The second-order valence-corrected chi connectivity index (χ2v) is 10.6. The summed E-state index contributed by atoms with van der Waals surface area (Å²) in [6.07, 6.45) is 1.37. The van der Waals surface area contributed by atoms with Gasteiger partial charge in [-0.25, -0.2) is 9.69 Å². The van der Waals surface area contributed by atoms with E-state index in [1.807, 2.05) is 24.3 Å². The Balaban J connectivity index is 1.31. The number of nitrogens with one attached hydrogen (secondary N) is 1. The first-order valence-corrected chi connectivity index (χ1v) is 14.5. The van der Waals surface area contributed by atoms with Gasteiger partial charge >= 0.3 is 6.03 Å². The Bertz CT molecular complexity index is 1770. The van der Waals surface area contributed by atoms with Gasteiger partial charge in [-0.2, -0.15) is 0 Å². The zero-order valence-corrected chi connectivity index (χ0v) is 25.5. The quantitative estimate of drug-likeness (QED) is 0.0817. The van der Waals surface area contributed by atoms with Crippen molar-refractivity contribution in [2.75, 3.05) is 11.5 Å². The van der Waals surface area contributed by atoms with Crippen LogP contribution in [0.1, 0.15) is 23.6 Å². The first kappa shape index (κ1) is 31.0. The number of hydrogen-bond donors (Lipinski definition) is 1. The third kappa shape index (κ3) is 7.54. The zero-order valence-electron chi connectivity index (χ0n) is 23.9. The minimum atomic E-state index is -0.865. The van der Waals surface area contributed by atoms with Crippen LogP contribution in [0, 0.1) is 10.1 Å². The lowest BCUT2D eigenvalue weighted by molar-refractivity contribution is -0.384. The van der Waals surface area contributed by atoms with Crippen LogP contribution in [0.15, 0.2) is 101 Å². The summed E-state index contributed by atoms with van der Waals surface area (Å²) < 4.78 is 18.4. The standard InChI is InChI=1S/C33H26BrN3O8/c1-2-43-30-18-23(7-16-29(30)45-20-22-5-10-26(11-6-22)37(41)42)17-28-31(38)35-33(40)36(32(28)39)25-12-14-27(15-13-25)44-19-21-3-8-24(34)9-4-21/h3-18H,2,19-20H2,1H3,(H,35,38,40)/b28-17+. The van der Waals surface area contributed by atoms with Gasteiger partial charge in [0, 0.05) is 16.6 Å². The van der Waals surface area contributed by atoms with Crippen LogP contribution in [0.5, 0.6) is 17.2 Å². The molecule has 0 atom stereocenters. The summed E-state index contributed by atoms with van der Waals surface area (Å²) in [7, 11) is 0. The molecule has 0 spiro atoms. The second kappa shape index (κ2) is 13.9. The van der Waals surface area contributed by atoms with Crippen LogP contribution in [0.2, 0.25) is 0 Å². The molecule has 0 aliphatic carbocycles. The fourth-order valence-corrected chi connectivity index (χ4v) is 4.64. The average molecular weight is 672 g/mol. The number of benzene rings is 4. The van der Waals surface area contributed by atoms with Gasteiger partial charge in [0.1, 0.15) is 24.5 Å². The number of imide groups is 2. The van der Waals surface area contributed by atoms with E-state index >= 15 is 0 Å². The van der Waals surface area contributed by atoms with E-state index in [1.54, 1.807) is 61.5 Å². The molecular formula is C33H26BrN3O8. The Morgan fingerprint density at radius 2 is 1.47 bits per heavy atom. The number of halogens is 1. The van der Waals surface area contributed by atoms with Gasteiger partial charge in [0.15, 0.2) is 11.5 Å². The van der Waals surface area contributed by atoms with Crippen molar-refractivity contribution in [3.8, 4) is 17.2 Å². The zero-order chi connectivity index (χ0) is 31.9. The minimum absolute atomic E-state index is 0.0219. The molecule has 5 rings (SSSR count). The molecule has 0 bridgehead atoms. The summed E-state index contributed by atoms with van der Waals surface area (Å²) in [5.41, 5.74) is 2.14. The summed E-state index contributed by atoms with van der Waals surface area (Å²) in [6, 6.07) is 24.1. The molecule has 11 nitrogen and oxygen atoms in total. The average Bonchev–Trinajstić information content (AvgIpc) is 3.03. The topological polar surface area (TPSA) is 137 Å². The van der Waals surface area contributed by atoms with E-state index in [2.05, 4.69) is 21.2 Å². The number of carbonyl (C=O) groups excluding carboxylic acids is 3. The lowest BCUT2D eigenvalue weighted by atomic mass is 10.1. The number of carbonyl (C=O) groups is 3. The number of rotatable bonds is 11. The van der Waals surface area contributed by atoms with Crippen LogP contribution < -0.4 is 24.4 Å². The van der Waals surface area contributed by atoms with Crippen LogP contribution in [0.4, 0.5) is 16.2 Å². The number of hydrogen-bond acceptors (Lipinski definition) is 8. The molecule has 45 heavy (non-hydrogen) atoms. The number of nitrogens with zero attached hydrogens (tertiary/aromatic N) is 2. The molecule has 1 saturated heterocycles. The van der Waals surface area contributed by atoms with Crippen molar-refractivity contribution in [1.82, 2.24) is 5.32 Å². The van der Waals surface area contributed by atoms with E-state index in [9.17, 15) is 24.5 Å². The van der Waals surface area contributed by atoms with Crippen LogP contribution in [0.3, 0.4) is 0 Å². The third-order valence-corrected chi connectivity index (χ3v) is 7.16. The third-order valence-electron chi connectivity index (χ3n) is 6.64. The normalized spacial score (nSPS) is 13.9. The van der Waals surface area contributed by atoms with E-state index in [0.717, 1.165) is 14.9 Å². The summed E-state index contributed by atoms with van der Waals surface area (Å²) in [5, 5.41) is 13.1. The van der Waals surface area contributed by atoms with Gasteiger partial charge in [-0.15, -0.1) is 0 Å². The van der Waals surface area contributed by atoms with Crippen LogP contribution in [-0.4, -0.2) is 29.4 Å². The fourth-order valence-electron chi connectivity index (χ4n) is 4.37. The van der Waals surface area contributed by atoms with Crippen molar-refractivity contribution in [1.29, 1.82) is 0 Å². The number of ether oxygens (including phenoxy) is 3. The van der Waals surface area contributed by atoms with Crippen molar-refractivity contribution in [2.45, 2.75) is 20.1 Å². The Kier molecular flexibility index (Phi) is 9.54. The monoisotopic (exact) mass is 671 g/mol. The number of non-ortho nitro benzene ring substituents is 1. The highest BCUT2D eigenvalue weighted by Crippen LogP contribution is 2.31. The number of anilines is 1. The highest BCUT2D eigenvalue weighted by atomic mass is 79.9. The first-order chi connectivity index (χ1) is 21.7. The van der Waals surface area contributed by atoms with Gasteiger partial charge in [-0.1, -0.05) is 34.1 Å². The molecule has 1 aliphatic heterocycles. The molecule has 4 amide bonds. The molecule has 1 aliphatic rings. The van der Waals surface area contributed by atoms with E-state index in [0.29, 0.717) is 41.6 Å². The van der Waals surface area contributed by atoms with Crippen molar-refractivity contribution < 1.29 is 33.5 Å². The van der Waals surface area contributed by atoms with E-state index in [-0.39, 0.29) is 23.6 Å². The van der Waals surface area contributed by atoms with Gasteiger partial charge < -0.3 is 14.2 Å². The van der Waals surface area contributed by atoms with Crippen molar-refractivity contribution in [3.63, 3.8) is 0 Å². The molecule has 1 fully saturated rings. The van der Waals surface area contributed by atoms with E-state index < -0.39 is 22.8 Å². The largest absolute Gasteiger partial charge is 0.490 e. The van der Waals surface area contributed by atoms with Gasteiger partial charge in [0.05, 0.1) is 17.2 Å². The van der Waals surface area contributed by atoms with E-state index in [4.69, 9.17) is 14.2 Å². The molecule has 228 valence electrons. The minimum Gasteiger partial charge on any atom is -0.490 e. The summed E-state index contributed by atoms with van der Waals surface area (Å²) in [6.45, 7) is 2.58. The summed E-state index contributed by atoms with van der Waals surface area (Å²) in [4.78, 5) is 50.2. The Morgan fingerprint density at radius 3 is 2.11 bits per heavy atom. The SMILES string of the molecule is CCOc1cc(/C=C2\C(=O)NC(=O)N(c3ccc(OCc4ccc(Br)cc4)cc3)C2=O)ccc1OCc1ccc([N+](=O)[O-])cc1. The Morgan fingerprint density at radius 1 is 0.822 bits per heavy atom. The van der Waals surface area contributed by atoms with Crippen molar-refractivity contribution in [3.05, 3.63) is 128 Å². The maximum Gasteiger partial charge on any atom is 0.335 e.